The first-order valence-corrected chi connectivity index (χ1v) is 24.8. The third-order valence-electron chi connectivity index (χ3n) is 9.70. The van der Waals surface area contributed by atoms with Gasteiger partial charge in [0.2, 0.25) is 0 Å². The van der Waals surface area contributed by atoms with Crippen molar-refractivity contribution in [1.29, 1.82) is 0 Å². The predicted octanol–water partition coefficient (Wildman–Crippen LogP) is 8.49. The number of rotatable bonds is 15. The second-order valence-corrected chi connectivity index (χ2v) is 20.1. The van der Waals surface area contributed by atoms with E-state index in [0.29, 0.717) is 59.4 Å². The molecule has 0 amide bonds. The normalized spacial score (nSPS) is 12.8. The summed E-state index contributed by atoms with van der Waals surface area (Å²) in [6, 6.07) is 10.3. The zero-order valence-corrected chi connectivity index (χ0v) is 37.9. The Balaban J connectivity index is 1.48. The standard InChI is InChI=1S/C40H38N4O18S4/c1-5-7-61-31-17-25(19(3)9-27(31)41-43-37-33(65(55,56)57)13-21-11-23(63(49,50)51)15-29(45)35(21)39(37)47)26-18-32(62-8-6-2)28(10-20(26)4)42-44-38-34(66(58,59)60)14-22-12-24(64(52,53)54)16-30(46)36(22)40(38)48/h9-18,45-48H,5-8H2,1-4H3,(H,49,50,51)(H,52,53,54)(H,55,56,57)(H,58,59,60). The monoisotopic (exact) mass is 990 g/mol. The molecular formula is C40H38N4O18S4. The third kappa shape index (κ3) is 9.99. The van der Waals surface area contributed by atoms with Crippen LogP contribution in [0.4, 0.5) is 22.7 Å². The lowest BCUT2D eigenvalue weighted by molar-refractivity contribution is 0.318. The fourth-order valence-corrected chi connectivity index (χ4v) is 9.09. The van der Waals surface area contributed by atoms with Crippen LogP contribution in [0.5, 0.6) is 34.5 Å². The molecule has 350 valence electrons. The number of hydrogen-bond donors (Lipinski definition) is 8. The molecule has 6 aromatic carbocycles. The molecule has 22 nitrogen and oxygen atoms in total. The maximum absolute atomic E-state index is 12.5. The minimum Gasteiger partial charge on any atom is -0.507 e. The largest absolute Gasteiger partial charge is 0.507 e. The van der Waals surface area contributed by atoms with Gasteiger partial charge in [0.1, 0.15) is 55.5 Å². The van der Waals surface area contributed by atoms with Gasteiger partial charge in [-0.15, -0.1) is 20.5 Å². The molecule has 0 aliphatic rings. The highest BCUT2D eigenvalue weighted by Gasteiger charge is 2.28. The topological polar surface area (TPSA) is 366 Å². The summed E-state index contributed by atoms with van der Waals surface area (Å²) >= 11 is 0. The summed E-state index contributed by atoms with van der Waals surface area (Å²) < 4.78 is 148. The van der Waals surface area contributed by atoms with Crippen molar-refractivity contribution in [3.8, 4) is 45.6 Å². The van der Waals surface area contributed by atoms with E-state index in [1.54, 1.807) is 26.0 Å². The molecule has 0 unspecified atom stereocenters. The van der Waals surface area contributed by atoms with E-state index in [2.05, 4.69) is 20.5 Å². The highest BCUT2D eigenvalue weighted by atomic mass is 32.2. The summed E-state index contributed by atoms with van der Waals surface area (Å²) in [5.74, 6) is -3.63. The molecule has 0 atom stereocenters. The molecule has 8 N–H and O–H groups in total. The Morgan fingerprint density at radius 1 is 0.470 bits per heavy atom. The quantitative estimate of drug-likeness (QED) is 0.0353. The van der Waals surface area contributed by atoms with Crippen LogP contribution in [-0.2, 0) is 40.5 Å². The number of phenols is 4. The third-order valence-corrected chi connectivity index (χ3v) is 13.1. The van der Waals surface area contributed by atoms with Crippen molar-refractivity contribution in [3.63, 3.8) is 0 Å². The van der Waals surface area contributed by atoms with E-state index in [1.807, 2.05) is 13.8 Å². The van der Waals surface area contributed by atoms with E-state index in [1.165, 1.54) is 12.1 Å². The van der Waals surface area contributed by atoms with Gasteiger partial charge in [0, 0.05) is 12.1 Å². The molecule has 0 aliphatic heterocycles. The minimum absolute atomic E-state index is 0.00737. The summed E-state index contributed by atoms with van der Waals surface area (Å²) in [5.41, 5.74) is 0.366. The van der Waals surface area contributed by atoms with Gasteiger partial charge < -0.3 is 29.9 Å². The van der Waals surface area contributed by atoms with Crippen LogP contribution in [-0.4, -0.2) is 85.5 Å². The lowest BCUT2D eigenvalue weighted by Gasteiger charge is -2.17. The molecule has 0 fully saturated rings. The van der Waals surface area contributed by atoms with Gasteiger partial charge in [-0.05, 0) is 108 Å². The number of aromatic hydroxyl groups is 4. The number of azo groups is 2. The average molecular weight is 991 g/mol. The van der Waals surface area contributed by atoms with Crippen LogP contribution >= 0.6 is 0 Å². The number of fused-ring (bicyclic) bond motifs is 2. The molecular weight excluding hydrogens is 953 g/mol. The molecule has 66 heavy (non-hydrogen) atoms. The van der Waals surface area contributed by atoms with Gasteiger partial charge >= 0.3 is 0 Å². The Morgan fingerprint density at radius 3 is 1.12 bits per heavy atom. The molecule has 0 radical (unpaired) electrons. The molecule has 0 aromatic heterocycles. The van der Waals surface area contributed by atoms with Gasteiger partial charge in [0.05, 0.1) is 33.8 Å². The number of nitrogens with zero attached hydrogens (tertiary/aromatic N) is 4. The highest BCUT2D eigenvalue weighted by Crippen LogP contribution is 2.49. The molecule has 0 saturated heterocycles. The van der Waals surface area contributed by atoms with Crippen molar-refractivity contribution in [2.75, 3.05) is 13.2 Å². The van der Waals surface area contributed by atoms with E-state index >= 15 is 0 Å². The number of hydrogen-bond acceptors (Lipinski definition) is 18. The fourth-order valence-electron chi connectivity index (χ4n) is 6.71. The van der Waals surface area contributed by atoms with Crippen molar-refractivity contribution >= 4 is 84.8 Å². The maximum atomic E-state index is 12.5. The molecule has 0 heterocycles. The van der Waals surface area contributed by atoms with E-state index in [-0.39, 0.29) is 36.1 Å². The molecule has 6 rings (SSSR count). The summed E-state index contributed by atoms with van der Waals surface area (Å²) in [4.78, 5) is -3.74. The van der Waals surface area contributed by atoms with Crippen molar-refractivity contribution in [3.05, 3.63) is 71.8 Å². The molecule has 0 saturated carbocycles. The summed E-state index contributed by atoms with van der Waals surface area (Å²) in [7, 11) is -20.2. The van der Waals surface area contributed by atoms with Crippen molar-refractivity contribution in [1.82, 2.24) is 0 Å². The predicted molar refractivity (Wildman–Crippen MR) is 235 cm³/mol. The number of ether oxygens (including phenoxy) is 2. The first-order valence-electron chi connectivity index (χ1n) is 19.0. The summed E-state index contributed by atoms with van der Waals surface area (Å²) in [6.45, 7) is 7.26. The van der Waals surface area contributed by atoms with Crippen molar-refractivity contribution in [2.24, 2.45) is 20.5 Å². The number of phenolic OH excluding ortho intramolecular Hbond substituents is 4. The zero-order valence-electron chi connectivity index (χ0n) is 34.7. The van der Waals surface area contributed by atoms with E-state index in [0.717, 1.165) is 12.1 Å². The van der Waals surface area contributed by atoms with Crippen LogP contribution < -0.4 is 9.47 Å². The van der Waals surface area contributed by atoms with E-state index in [4.69, 9.17) is 9.47 Å². The Morgan fingerprint density at radius 2 is 0.818 bits per heavy atom. The van der Waals surface area contributed by atoms with Crippen molar-refractivity contribution in [2.45, 2.75) is 60.1 Å². The number of aryl methyl sites for hydroxylation is 2. The van der Waals surface area contributed by atoms with Crippen molar-refractivity contribution < 1.29 is 81.8 Å². The molecule has 0 aliphatic carbocycles. The summed E-state index contributed by atoms with van der Waals surface area (Å²) in [5, 5.41) is 57.8. The van der Waals surface area contributed by atoms with E-state index < -0.39 is 116 Å². The Kier molecular flexibility index (Phi) is 13.4. The Hall–Kier alpha value is -6.52. The fraction of sp³-hybridized carbons (Fsp3) is 0.200. The van der Waals surface area contributed by atoms with Gasteiger partial charge in [-0.1, -0.05) is 13.8 Å². The molecule has 6 aromatic rings. The minimum atomic E-state index is -5.21. The van der Waals surface area contributed by atoms with Crippen LogP contribution in [0.1, 0.15) is 37.8 Å². The summed E-state index contributed by atoms with van der Waals surface area (Å²) in [6.07, 6.45) is 1.02. The molecule has 0 bridgehead atoms. The van der Waals surface area contributed by atoms with Gasteiger partial charge in [-0.2, -0.15) is 33.7 Å². The highest BCUT2D eigenvalue weighted by molar-refractivity contribution is 7.86. The smallest absolute Gasteiger partial charge is 0.296 e. The van der Waals surface area contributed by atoms with Crippen LogP contribution in [0.15, 0.2) is 101 Å². The first-order chi connectivity index (χ1) is 30.6. The van der Waals surface area contributed by atoms with Crippen LogP contribution in [0.25, 0.3) is 32.7 Å². The average Bonchev–Trinajstić information content (AvgIpc) is 3.20. The van der Waals surface area contributed by atoms with Gasteiger partial charge in [0.15, 0.2) is 11.5 Å². The maximum Gasteiger partial charge on any atom is 0.296 e. The number of benzene rings is 6. The second kappa shape index (κ2) is 18.0. The van der Waals surface area contributed by atoms with E-state index in [9.17, 15) is 72.3 Å². The zero-order chi connectivity index (χ0) is 48.8. The van der Waals surface area contributed by atoms with Gasteiger partial charge in [-0.3, -0.25) is 18.2 Å². The Bertz CT molecular complexity index is 3290. The van der Waals surface area contributed by atoms with Gasteiger partial charge in [-0.25, -0.2) is 0 Å². The lowest BCUT2D eigenvalue weighted by atomic mass is 9.95. The SMILES string of the molecule is CCCOc1cc(-c2cc(OCCC)c(N=Nc3c(S(=O)(=O)O)cc4cc(S(=O)(=O)O)cc(O)c4c3O)cc2C)c(C)cc1N=Nc1c(S(=O)(=O)O)cc2cc(S(=O)(=O)O)cc(O)c2c1O. The van der Waals surface area contributed by atoms with Crippen LogP contribution in [0.3, 0.4) is 0 Å². The molecule has 26 heteroatoms. The molecule has 0 spiro atoms. The first kappa shape index (κ1) is 48.9. The lowest BCUT2D eigenvalue weighted by Crippen LogP contribution is -2.01. The van der Waals surface area contributed by atoms with Crippen LogP contribution in [0.2, 0.25) is 0 Å². The second-order valence-electron chi connectivity index (χ2n) is 14.5. The van der Waals surface area contributed by atoms with Gasteiger partial charge in [0.25, 0.3) is 40.5 Å². The Labute approximate surface area is 376 Å². The van der Waals surface area contributed by atoms with Crippen LogP contribution in [0, 0.1) is 13.8 Å².